The Hall–Kier alpha value is -1.81. The third kappa shape index (κ3) is 1.61. The zero-order valence-electron chi connectivity index (χ0n) is 10.4. The van der Waals surface area contributed by atoms with E-state index in [1.54, 1.807) is 6.07 Å². The van der Waals surface area contributed by atoms with Gasteiger partial charge in [-0.1, -0.05) is 6.92 Å². The predicted molar refractivity (Wildman–Crippen MR) is 71.3 cm³/mol. The molecular formula is C14H17N3O. The van der Waals surface area contributed by atoms with Crippen LogP contribution >= 0.6 is 0 Å². The highest BCUT2D eigenvalue weighted by Gasteiger charge is 2.21. The van der Waals surface area contributed by atoms with Gasteiger partial charge >= 0.3 is 0 Å². The molecule has 1 heterocycles. The highest BCUT2D eigenvalue weighted by Crippen LogP contribution is 2.35. The lowest BCUT2D eigenvalue weighted by molar-refractivity contribution is 0.0954. The van der Waals surface area contributed by atoms with Gasteiger partial charge in [-0.3, -0.25) is 10.2 Å². The van der Waals surface area contributed by atoms with Crippen molar-refractivity contribution in [2.45, 2.75) is 32.1 Å². The van der Waals surface area contributed by atoms with E-state index in [0.29, 0.717) is 11.5 Å². The van der Waals surface area contributed by atoms with Gasteiger partial charge in [-0.05, 0) is 48.9 Å². The zero-order chi connectivity index (χ0) is 12.7. The number of benzene rings is 1. The molecule has 1 aliphatic rings. The van der Waals surface area contributed by atoms with Crippen molar-refractivity contribution in [2.24, 2.45) is 5.84 Å². The Morgan fingerprint density at radius 3 is 3.11 bits per heavy atom. The number of hydrazine groups is 1. The molecule has 0 radical (unpaired) electrons. The summed E-state index contributed by atoms with van der Waals surface area (Å²) in [6.07, 6.45) is 3.54. The molecule has 4 nitrogen and oxygen atoms in total. The number of nitrogens with two attached hydrogens (primary N) is 1. The van der Waals surface area contributed by atoms with E-state index in [0.717, 1.165) is 17.3 Å². The van der Waals surface area contributed by atoms with Crippen molar-refractivity contribution in [3.63, 3.8) is 0 Å². The molecule has 0 saturated carbocycles. The smallest absolute Gasteiger partial charge is 0.265 e. The maximum atomic E-state index is 11.6. The van der Waals surface area contributed by atoms with E-state index in [9.17, 15) is 4.79 Å². The zero-order valence-corrected chi connectivity index (χ0v) is 10.4. The van der Waals surface area contributed by atoms with E-state index in [4.69, 9.17) is 5.84 Å². The number of nitrogens with one attached hydrogen (secondary N) is 2. The van der Waals surface area contributed by atoms with Crippen molar-refractivity contribution in [1.82, 2.24) is 10.4 Å². The predicted octanol–water partition coefficient (Wildman–Crippen LogP) is 2.21. The SMILES string of the molecule is CC1CCCc2c1[nH]c1ccc(C(=O)NN)cc21. The van der Waals surface area contributed by atoms with E-state index in [1.807, 2.05) is 12.1 Å². The molecular weight excluding hydrogens is 226 g/mol. The summed E-state index contributed by atoms with van der Waals surface area (Å²) in [4.78, 5) is 15.1. The van der Waals surface area contributed by atoms with E-state index < -0.39 is 0 Å². The molecule has 1 aromatic heterocycles. The molecule has 1 aliphatic carbocycles. The number of hydrogen-bond donors (Lipinski definition) is 3. The average Bonchev–Trinajstić information content (AvgIpc) is 2.77. The molecule has 94 valence electrons. The number of carbonyl (C=O) groups is 1. The number of aromatic amines is 1. The van der Waals surface area contributed by atoms with Gasteiger partial charge in [0.2, 0.25) is 0 Å². The molecule has 1 atom stereocenters. The van der Waals surface area contributed by atoms with Gasteiger partial charge in [0.05, 0.1) is 0 Å². The Morgan fingerprint density at radius 2 is 2.33 bits per heavy atom. The lowest BCUT2D eigenvalue weighted by Crippen LogP contribution is -2.29. The maximum Gasteiger partial charge on any atom is 0.265 e. The lowest BCUT2D eigenvalue weighted by atomic mass is 9.88. The summed E-state index contributed by atoms with van der Waals surface area (Å²) in [5, 5.41) is 1.16. The van der Waals surface area contributed by atoms with Crippen LogP contribution in [0.4, 0.5) is 0 Å². The van der Waals surface area contributed by atoms with Gasteiger partial charge < -0.3 is 4.98 Å². The van der Waals surface area contributed by atoms with Crippen LogP contribution in [-0.2, 0) is 6.42 Å². The van der Waals surface area contributed by atoms with Gasteiger partial charge in [0.1, 0.15) is 0 Å². The molecule has 2 aromatic rings. The minimum atomic E-state index is -0.240. The van der Waals surface area contributed by atoms with Gasteiger partial charge in [-0.25, -0.2) is 5.84 Å². The second kappa shape index (κ2) is 4.14. The number of rotatable bonds is 1. The molecule has 0 saturated heterocycles. The van der Waals surface area contributed by atoms with Crippen LogP contribution in [0.2, 0.25) is 0 Å². The van der Waals surface area contributed by atoms with Crippen molar-refractivity contribution >= 4 is 16.8 Å². The van der Waals surface area contributed by atoms with Gasteiger partial charge in [0.15, 0.2) is 0 Å². The Morgan fingerprint density at radius 1 is 1.50 bits per heavy atom. The van der Waals surface area contributed by atoms with Crippen LogP contribution in [-0.4, -0.2) is 10.9 Å². The van der Waals surface area contributed by atoms with Crippen molar-refractivity contribution < 1.29 is 4.79 Å². The fraction of sp³-hybridized carbons (Fsp3) is 0.357. The van der Waals surface area contributed by atoms with Crippen LogP contribution in [0.25, 0.3) is 10.9 Å². The van der Waals surface area contributed by atoms with Crippen LogP contribution in [0, 0.1) is 0 Å². The highest BCUT2D eigenvalue weighted by atomic mass is 16.2. The van der Waals surface area contributed by atoms with Crippen molar-refractivity contribution in [3.8, 4) is 0 Å². The minimum absolute atomic E-state index is 0.240. The Labute approximate surface area is 106 Å². The number of aromatic nitrogens is 1. The molecule has 18 heavy (non-hydrogen) atoms. The quantitative estimate of drug-likeness (QED) is 0.408. The average molecular weight is 243 g/mol. The molecule has 0 aliphatic heterocycles. The van der Waals surface area contributed by atoms with Gasteiger partial charge in [-0.15, -0.1) is 0 Å². The first-order valence-electron chi connectivity index (χ1n) is 6.36. The summed E-state index contributed by atoms with van der Waals surface area (Å²) >= 11 is 0. The van der Waals surface area contributed by atoms with E-state index in [-0.39, 0.29) is 5.91 Å². The van der Waals surface area contributed by atoms with E-state index >= 15 is 0 Å². The number of carbonyl (C=O) groups excluding carboxylic acids is 1. The molecule has 4 heteroatoms. The summed E-state index contributed by atoms with van der Waals surface area (Å²) in [5.41, 5.74) is 6.61. The normalized spacial score (nSPS) is 18.7. The minimum Gasteiger partial charge on any atom is -0.358 e. The second-order valence-corrected chi connectivity index (χ2v) is 5.04. The molecule has 1 aromatic carbocycles. The first-order chi connectivity index (χ1) is 8.70. The molecule has 3 rings (SSSR count). The number of amides is 1. The van der Waals surface area contributed by atoms with E-state index in [2.05, 4.69) is 17.3 Å². The van der Waals surface area contributed by atoms with Crippen LogP contribution in [0.1, 0.15) is 47.3 Å². The van der Waals surface area contributed by atoms with Crippen LogP contribution in [0.3, 0.4) is 0 Å². The molecule has 0 bridgehead atoms. The fourth-order valence-electron chi connectivity index (χ4n) is 2.91. The number of H-pyrrole nitrogens is 1. The van der Waals surface area contributed by atoms with E-state index in [1.165, 1.54) is 24.1 Å². The van der Waals surface area contributed by atoms with Gasteiger partial charge in [0, 0.05) is 22.2 Å². The van der Waals surface area contributed by atoms with Gasteiger partial charge in [-0.2, -0.15) is 0 Å². The molecule has 4 N–H and O–H groups in total. The Balaban J connectivity index is 2.18. The number of aryl methyl sites for hydroxylation is 1. The Kier molecular flexibility index (Phi) is 2.59. The second-order valence-electron chi connectivity index (χ2n) is 5.04. The van der Waals surface area contributed by atoms with Crippen molar-refractivity contribution in [3.05, 3.63) is 35.0 Å². The maximum absolute atomic E-state index is 11.6. The summed E-state index contributed by atoms with van der Waals surface area (Å²) in [6.45, 7) is 2.25. The lowest BCUT2D eigenvalue weighted by Gasteiger charge is -2.18. The molecule has 0 fully saturated rings. The summed E-state index contributed by atoms with van der Waals surface area (Å²) in [5.74, 6) is 5.51. The Bertz CT molecular complexity index is 615. The number of fused-ring (bicyclic) bond motifs is 3. The first-order valence-corrected chi connectivity index (χ1v) is 6.36. The topological polar surface area (TPSA) is 70.9 Å². The third-order valence-electron chi connectivity index (χ3n) is 3.89. The van der Waals surface area contributed by atoms with Gasteiger partial charge in [0.25, 0.3) is 5.91 Å². The van der Waals surface area contributed by atoms with Crippen molar-refractivity contribution in [1.29, 1.82) is 0 Å². The fourth-order valence-corrected chi connectivity index (χ4v) is 2.91. The highest BCUT2D eigenvalue weighted by molar-refractivity contribution is 5.98. The number of hydrogen-bond acceptors (Lipinski definition) is 2. The summed E-state index contributed by atoms with van der Waals surface area (Å²) in [7, 11) is 0. The van der Waals surface area contributed by atoms with Crippen LogP contribution < -0.4 is 11.3 Å². The molecule has 0 spiro atoms. The third-order valence-corrected chi connectivity index (χ3v) is 3.89. The van der Waals surface area contributed by atoms with Crippen LogP contribution in [0.5, 0.6) is 0 Å². The largest absolute Gasteiger partial charge is 0.358 e. The number of nitrogen functional groups attached to an aromatic ring is 1. The standard InChI is InChI=1S/C14H17N3O/c1-8-3-2-4-10-11-7-9(14(18)17-15)5-6-12(11)16-13(8)10/h5-8,16H,2-4,15H2,1H3,(H,17,18). The molecule has 1 amide bonds. The molecule has 1 unspecified atom stereocenters. The van der Waals surface area contributed by atoms with Crippen molar-refractivity contribution in [2.75, 3.05) is 0 Å². The summed E-state index contributed by atoms with van der Waals surface area (Å²) in [6, 6.07) is 5.70. The van der Waals surface area contributed by atoms with Crippen LogP contribution in [0.15, 0.2) is 18.2 Å². The first kappa shape index (κ1) is 11.3. The monoisotopic (exact) mass is 243 g/mol. The summed E-state index contributed by atoms with van der Waals surface area (Å²) < 4.78 is 0.